The van der Waals surface area contributed by atoms with Crippen LogP contribution in [0.15, 0.2) is 70.0 Å². The van der Waals surface area contributed by atoms with Crippen LogP contribution < -0.4 is 16.0 Å². The number of pyridine rings is 1. The zero-order valence-corrected chi connectivity index (χ0v) is 18.2. The van der Waals surface area contributed by atoms with Crippen molar-refractivity contribution >= 4 is 33.0 Å². The Kier molecular flexibility index (Phi) is 4.71. The van der Waals surface area contributed by atoms with E-state index in [9.17, 15) is 9.59 Å². The van der Waals surface area contributed by atoms with E-state index in [4.69, 9.17) is 15.2 Å². The molecule has 0 atom stereocenters. The van der Waals surface area contributed by atoms with E-state index in [0.717, 1.165) is 22.4 Å². The topological polar surface area (TPSA) is 106 Å². The first-order valence-corrected chi connectivity index (χ1v) is 10.8. The van der Waals surface area contributed by atoms with Crippen molar-refractivity contribution in [2.24, 2.45) is 0 Å². The predicted octanol–water partition coefficient (Wildman–Crippen LogP) is 3.95. The summed E-state index contributed by atoms with van der Waals surface area (Å²) in [7, 11) is 0. The number of nitrogens with one attached hydrogen (secondary N) is 1. The Morgan fingerprint density at radius 2 is 1.81 bits per heavy atom. The van der Waals surface area contributed by atoms with Crippen LogP contribution in [0, 0.1) is 13.8 Å². The highest BCUT2D eigenvalue weighted by molar-refractivity contribution is 7.21. The van der Waals surface area contributed by atoms with Gasteiger partial charge in [0.2, 0.25) is 5.69 Å². The molecule has 0 saturated heterocycles. The number of H-pyrrole nitrogens is 1. The van der Waals surface area contributed by atoms with E-state index in [1.165, 1.54) is 16.0 Å². The Balaban J connectivity index is 1.64. The number of nitrogens with zero attached hydrogens (tertiary/aromatic N) is 2. The number of thiophene rings is 1. The van der Waals surface area contributed by atoms with Gasteiger partial charge in [-0.3, -0.25) is 9.32 Å². The number of rotatable bonds is 4. The van der Waals surface area contributed by atoms with Crippen LogP contribution in [0.2, 0.25) is 0 Å². The van der Waals surface area contributed by atoms with Crippen molar-refractivity contribution in [2.45, 2.75) is 13.8 Å². The van der Waals surface area contributed by atoms with Gasteiger partial charge in [-0.1, -0.05) is 48.0 Å². The number of ketones is 1. The summed E-state index contributed by atoms with van der Waals surface area (Å²) < 4.78 is 6.25. The van der Waals surface area contributed by atoms with Crippen LogP contribution in [0.25, 0.3) is 27.2 Å². The second-order valence-electron chi connectivity index (χ2n) is 7.55. The van der Waals surface area contributed by atoms with Gasteiger partial charge in [0.05, 0.1) is 11.4 Å². The normalized spacial score (nSPS) is 11.2. The summed E-state index contributed by atoms with van der Waals surface area (Å²) in [5.74, 6) is -0.515. The summed E-state index contributed by atoms with van der Waals surface area (Å²) in [5.41, 5.74) is 10.3. The second-order valence-corrected chi connectivity index (χ2v) is 8.55. The first-order chi connectivity index (χ1) is 15.4. The van der Waals surface area contributed by atoms with E-state index in [1.54, 1.807) is 24.3 Å². The fourth-order valence-electron chi connectivity index (χ4n) is 3.65. The van der Waals surface area contributed by atoms with E-state index in [-0.39, 0.29) is 10.6 Å². The minimum Gasteiger partial charge on any atom is -0.397 e. The van der Waals surface area contributed by atoms with Crippen LogP contribution in [0.4, 0.5) is 5.69 Å². The van der Waals surface area contributed by atoms with Crippen molar-refractivity contribution in [1.29, 1.82) is 0 Å². The quantitative estimate of drug-likeness (QED) is 0.323. The molecule has 5 aromatic rings. The molecule has 8 heteroatoms. The molecule has 0 fully saturated rings. The molecule has 3 heterocycles. The number of hydrogen-bond acceptors (Lipinski definition) is 6. The standard InChI is InChI=1S/C24H18N4O3S/c1-13-8-10-15(11-9-13)19-14(2)12-17-18(25)22(32-23(17)26-19)21(29)20-24(30)31-27-28(20)16-6-4-3-5-7-16/h3-12H,1-2H3,(H2-,25,27,29,30)/p+1. The largest absolute Gasteiger partial charge is 0.439 e. The van der Waals surface area contributed by atoms with Gasteiger partial charge in [-0.25, -0.2) is 9.78 Å². The molecule has 0 spiro atoms. The molecule has 0 aliphatic rings. The van der Waals surface area contributed by atoms with Gasteiger partial charge < -0.3 is 5.73 Å². The number of benzene rings is 2. The lowest BCUT2D eigenvalue weighted by molar-refractivity contribution is -0.672. The zero-order valence-electron chi connectivity index (χ0n) is 17.4. The number of anilines is 1. The average molecular weight is 444 g/mol. The highest BCUT2D eigenvalue weighted by Crippen LogP contribution is 2.36. The van der Waals surface area contributed by atoms with Crippen LogP contribution in [0.3, 0.4) is 0 Å². The molecule has 0 bridgehead atoms. The summed E-state index contributed by atoms with van der Waals surface area (Å²) in [5, 5.41) is 3.19. The number of aromatic amines is 1. The van der Waals surface area contributed by atoms with Crippen molar-refractivity contribution in [2.75, 3.05) is 5.73 Å². The fraction of sp³-hybridized carbons (Fsp3) is 0.0833. The van der Waals surface area contributed by atoms with Gasteiger partial charge in [0.25, 0.3) is 5.78 Å². The van der Waals surface area contributed by atoms with E-state index in [1.807, 2.05) is 50.2 Å². The Bertz CT molecular complexity index is 1530. The number of carbonyl (C=O) groups is 1. The lowest BCUT2D eigenvalue weighted by Gasteiger charge is -2.06. The third-order valence-corrected chi connectivity index (χ3v) is 6.43. The molecule has 5 rings (SSSR count). The van der Waals surface area contributed by atoms with Gasteiger partial charge in [-0.05, 0) is 35.4 Å². The van der Waals surface area contributed by atoms with E-state index in [2.05, 4.69) is 5.27 Å². The van der Waals surface area contributed by atoms with Crippen molar-refractivity contribution in [3.63, 3.8) is 0 Å². The molecule has 3 N–H and O–H groups in total. The average Bonchev–Trinajstić information content (AvgIpc) is 3.34. The van der Waals surface area contributed by atoms with Gasteiger partial charge in [-0.15, -0.1) is 11.3 Å². The van der Waals surface area contributed by atoms with Gasteiger partial charge in [0.15, 0.2) is 0 Å². The van der Waals surface area contributed by atoms with Crippen LogP contribution in [0.5, 0.6) is 0 Å². The first kappa shape index (κ1) is 19.9. The predicted molar refractivity (Wildman–Crippen MR) is 123 cm³/mol. The Morgan fingerprint density at radius 1 is 1.09 bits per heavy atom. The highest BCUT2D eigenvalue weighted by atomic mass is 32.1. The highest BCUT2D eigenvalue weighted by Gasteiger charge is 2.34. The number of aromatic nitrogens is 3. The Labute approximate surface area is 186 Å². The third kappa shape index (κ3) is 3.21. The summed E-state index contributed by atoms with van der Waals surface area (Å²) in [6, 6.07) is 19.0. The lowest BCUT2D eigenvalue weighted by atomic mass is 10.0. The molecular formula is C24H19N4O3S+. The van der Waals surface area contributed by atoms with Gasteiger partial charge in [-0.2, -0.15) is 0 Å². The fourth-order valence-corrected chi connectivity index (χ4v) is 4.67. The molecule has 7 nitrogen and oxygen atoms in total. The summed E-state index contributed by atoms with van der Waals surface area (Å²) >= 11 is 1.17. The van der Waals surface area contributed by atoms with Gasteiger partial charge in [0.1, 0.15) is 9.71 Å². The number of para-hydroxylation sites is 1. The van der Waals surface area contributed by atoms with Crippen molar-refractivity contribution in [3.8, 4) is 16.9 Å². The molecule has 2 aromatic carbocycles. The minimum atomic E-state index is -0.764. The van der Waals surface area contributed by atoms with Crippen molar-refractivity contribution in [1.82, 2.24) is 10.3 Å². The molecule has 0 saturated carbocycles. The summed E-state index contributed by atoms with van der Waals surface area (Å²) in [4.78, 5) is 31.5. The molecule has 0 radical (unpaired) electrons. The van der Waals surface area contributed by atoms with E-state index in [0.29, 0.717) is 21.6 Å². The summed E-state index contributed by atoms with van der Waals surface area (Å²) in [6.45, 7) is 3.99. The maximum absolute atomic E-state index is 13.4. The van der Waals surface area contributed by atoms with E-state index >= 15 is 0 Å². The Morgan fingerprint density at radius 3 is 2.53 bits per heavy atom. The maximum Gasteiger partial charge on any atom is 0.439 e. The Hall–Kier alpha value is -4.04. The third-order valence-electron chi connectivity index (χ3n) is 5.32. The molecule has 32 heavy (non-hydrogen) atoms. The minimum absolute atomic E-state index is 0.148. The van der Waals surface area contributed by atoms with Crippen LogP contribution in [-0.4, -0.2) is 16.0 Å². The number of aryl methyl sites for hydroxylation is 2. The van der Waals surface area contributed by atoms with Crippen molar-refractivity contribution in [3.05, 3.63) is 92.8 Å². The maximum atomic E-state index is 13.4. The van der Waals surface area contributed by atoms with Crippen molar-refractivity contribution < 1.29 is 14.0 Å². The first-order valence-electron chi connectivity index (χ1n) is 9.94. The van der Waals surface area contributed by atoms with E-state index < -0.39 is 11.4 Å². The van der Waals surface area contributed by atoms with Crippen LogP contribution >= 0.6 is 11.3 Å². The van der Waals surface area contributed by atoms with Crippen LogP contribution in [-0.2, 0) is 0 Å². The zero-order chi connectivity index (χ0) is 22.4. The molecule has 0 aliphatic heterocycles. The SMILES string of the molecule is Cc1ccc(-c2nc3sc(C(=O)c4c(=O)o[nH][n+]4-c4ccccc4)c(N)c3cc2C)cc1. The molecule has 0 aliphatic carbocycles. The smallest absolute Gasteiger partial charge is 0.397 e. The number of nitrogen functional groups attached to an aromatic ring is 1. The molecular weight excluding hydrogens is 424 g/mol. The second kappa shape index (κ2) is 7.58. The van der Waals surface area contributed by atoms with Gasteiger partial charge in [0, 0.05) is 23.1 Å². The molecule has 0 amide bonds. The molecule has 0 unspecified atom stereocenters. The monoisotopic (exact) mass is 443 g/mol. The lowest BCUT2D eigenvalue weighted by Crippen LogP contribution is -2.41. The number of fused-ring (bicyclic) bond motifs is 1. The number of carbonyl (C=O) groups excluding carboxylic acids is 1. The number of hydrogen-bond donors (Lipinski definition) is 2. The van der Waals surface area contributed by atoms with Crippen LogP contribution in [0.1, 0.15) is 26.5 Å². The van der Waals surface area contributed by atoms with Gasteiger partial charge >= 0.3 is 11.3 Å². The molecule has 158 valence electrons. The number of nitrogens with two attached hydrogens (primary N) is 1. The molecule has 3 aromatic heterocycles. The summed E-state index contributed by atoms with van der Waals surface area (Å²) in [6.07, 6.45) is 0.